The summed E-state index contributed by atoms with van der Waals surface area (Å²) in [5.74, 6) is 0.850. The number of hydrogen-bond donors (Lipinski definition) is 1. The number of likely N-dealkylation sites (N-methyl/N-ethyl adjacent to an activating group) is 1. The Morgan fingerprint density at radius 3 is 2.58 bits per heavy atom. The van der Waals surface area contributed by atoms with Crippen LogP contribution >= 0.6 is 11.6 Å². The van der Waals surface area contributed by atoms with Crippen LogP contribution in [0.4, 0.5) is 11.6 Å². The van der Waals surface area contributed by atoms with Gasteiger partial charge < -0.3 is 19.9 Å². The standard InChI is InChI=1S/C18H22ClN5O2/c1-12-10-15(22-18(20-12)24-8-6-23(2)7-9-24)17(25)21-13-4-5-16(26-3)14(19)11-13/h4-5,10-11H,6-9H2,1-3H3,(H,21,25). The van der Waals surface area contributed by atoms with Crippen molar-refractivity contribution < 1.29 is 9.53 Å². The van der Waals surface area contributed by atoms with Crippen LogP contribution in [-0.4, -0.2) is 61.1 Å². The number of nitrogens with one attached hydrogen (secondary N) is 1. The molecule has 0 bridgehead atoms. The van der Waals surface area contributed by atoms with Gasteiger partial charge in [0.1, 0.15) is 11.4 Å². The number of amides is 1. The zero-order chi connectivity index (χ0) is 18.7. The van der Waals surface area contributed by atoms with E-state index in [-0.39, 0.29) is 5.91 Å². The first-order chi connectivity index (χ1) is 12.5. The number of benzene rings is 1. The highest BCUT2D eigenvalue weighted by molar-refractivity contribution is 6.32. The Hall–Kier alpha value is -2.38. The average molecular weight is 376 g/mol. The van der Waals surface area contributed by atoms with E-state index in [0.717, 1.165) is 31.9 Å². The van der Waals surface area contributed by atoms with E-state index in [4.69, 9.17) is 16.3 Å². The fourth-order valence-corrected chi connectivity index (χ4v) is 3.01. The van der Waals surface area contributed by atoms with Crippen LogP contribution in [0.1, 0.15) is 16.2 Å². The number of hydrogen-bond acceptors (Lipinski definition) is 6. The molecule has 1 amide bonds. The van der Waals surface area contributed by atoms with E-state index in [2.05, 4.69) is 32.1 Å². The summed E-state index contributed by atoms with van der Waals surface area (Å²) in [4.78, 5) is 25.9. The molecule has 1 aliphatic rings. The van der Waals surface area contributed by atoms with E-state index in [1.807, 2.05) is 6.92 Å². The van der Waals surface area contributed by atoms with Crippen molar-refractivity contribution in [3.05, 3.63) is 40.7 Å². The van der Waals surface area contributed by atoms with Crippen molar-refractivity contribution in [2.75, 3.05) is 50.6 Å². The molecular weight excluding hydrogens is 354 g/mol. The van der Waals surface area contributed by atoms with Crippen LogP contribution in [0.2, 0.25) is 5.02 Å². The molecule has 0 atom stereocenters. The lowest BCUT2D eigenvalue weighted by molar-refractivity contribution is 0.102. The van der Waals surface area contributed by atoms with Gasteiger partial charge in [0, 0.05) is 37.6 Å². The van der Waals surface area contributed by atoms with Crippen LogP contribution in [0, 0.1) is 6.92 Å². The normalized spacial score (nSPS) is 15.0. The second-order valence-electron chi connectivity index (χ2n) is 6.29. The summed E-state index contributed by atoms with van der Waals surface area (Å²) in [6, 6.07) is 6.77. The van der Waals surface area contributed by atoms with E-state index in [1.54, 1.807) is 31.4 Å². The van der Waals surface area contributed by atoms with Crippen molar-refractivity contribution in [1.82, 2.24) is 14.9 Å². The van der Waals surface area contributed by atoms with Crippen LogP contribution < -0.4 is 15.0 Å². The van der Waals surface area contributed by atoms with Crippen molar-refractivity contribution in [2.24, 2.45) is 0 Å². The first-order valence-corrected chi connectivity index (χ1v) is 8.78. The van der Waals surface area contributed by atoms with Crippen LogP contribution in [0.5, 0.6) is 5.75 Å². The van der Waals surface area contributed by atoms with Crippen molar-refractivity contribution in [3.8, 4) is 5.75 Å². The third-order valence-corrected chi connectivity index (χ3v) is 4.57. The molecule has 1 aromatic carbocycles. The van der Waals surface area contributed by atoms with Gasteiger partial charge in [-0.25, -0.2) is 9.97 Å². The zero-order valence-corrected chi connectivity index (χ0v) is 15.9. The molecule has 1 aromatic heterocycles. The molecule has 1 N–H and O–H groups in total. The van der Waals surface area contributed by atoms with E-state index in [9.17, 15) is 4.79 Å². The van der Waals surface area contributed by atoms with E-state index < -0.39 is 0 Å². The van der Waals surface area contributed by atoms with Gasteiger partial charge >= 0.3 is 0 Å². The molecule has 26 heavy (non-hydrogen) atoms. The maximum Gasteiger partial charge on any atom is 0.274 e. The zero-order valence-electron chi connectivity index (χ0n) is 15.1. The molecule has 1 aliphatic heterocycles. The fourth-order valence-electron chi connectivity index (χ4n) is 2.76. The summed E-state index contributed by atoms with van der Waals surface area (Å²) in [6.07, 6.45) is 0. The van der Waals surface area contributed by atoms with Gasteiger partial charge in [-0.1, -0.05) is 11.6 Å². The number of nitrogens with zero attached hydrogens (tertiary/aromatic N) is 4. The smallest absolute Gasteiger partial charge is 0.274 e. The minimum absolute atomic E-state index is 0.299. The van der Waals surface area contributed by atoms with E-state index in [0.29, 0.717) is 28.1 Å². The highest BCUT2D eigenvalue weighted by atomic mass is 35.5. The first kappa shape index (κ1) is 18.4. The van der Waals surface area contributed by atoms with Crippen LogP contribution in [0.15, 0.2) is 24.3 Å². The fraction of sp³-hybridized carbons (Fsp3) is 0.389. The summed E-state index contributed by atoms with van der Waals surface area (Å²) < 4.78 is 5.12. The number of rotatable bonds is 4. The molecule has 1 fully saturated rings. The Labute approximate surface area is 157 Å². The molecule has 0 aliphatic carbocycles. The predicted molar refractivity (Wildman–Crippen MR) is 102 cm³/mol. The topological polar surface area (TPSA) is 70.6 Å². The molecule has 8 heteroatoms. The van der Waals surface area contributed by atoms with E-state index >= 15 is 0 Å². The number of carbonyl (C=O) groups excluding carboxylic acids is 1. The van der Waals surface area contributed by atoms with Crippen LogP contribution in [0.25, 0.3) is 0 Å². The van der Waals surface area contributed by atoms with Gasteiger partial charge in [0.25, 0.3) is 5.91 Å². The molecule has 0 saturated carbocycles. The summed E-state index contributed by atoms with van der Waals surface area (Å²) in [5.41, 5.74) is 1.67. The van der Waals surface area contributed by atoms with Crippen molar-refractivity contribution in [2.45, 2.75) is 6.92 Å². The summed E-state index contributed by atoms with van der Waals surface area (Å²) in [7, 11) is 3.64. The second-order valence-corrected chi connectivity index (χ2v) is 6.70. The summed E-state index contributed by atoms with van der Waals surface area (Å²) in [5, 5.41) is 3.25. The highest BCUT2D eigenvalue weighted by Crippen LogP contribution is 2.27. The van der Waals surface area contributed by atoms with Gasteiger partial charge in [-0.15, -0.1) is 0 Å². The number of anilines is 2. The lowest BCUT2D eigenvalue weighted by atomic mass is 10.2. The van der Waals surface area contributed by atoms with Crippen LogP contribution in [-0.2, 0) is 0 Å². The van der Waals surface area contributed by atoms with Gasteiger partial charge in [0.05, 0.1) is 12.1 Å². The van der Waals surface area contributed by atoms with Gasteiger partial charge in [-0.2, -0.15) is 0 Å². The maximum atomic E-state index is 12.6. The third kappa shape index (κ3) is 4.23. The quantitative estimate of drug-likeness (QED) is 0.885. The lowest BCUT2D eigenvalue weighted by Gasteiger charge is -2.32. The Bertz CT molecular complexity index is 806. The molecule has 0 radical (unpaired) electrons. The van der Waals surface area contributed by atoms with Gasteiger partial charge in [-0.3, -0.25) is 4.79 Å². The van der Waals surface area contributed by atoms with E-state index in [1.165, 1.54) is 0 Å². The molecule has 0 spiro atoms. The Morgan fingerprint density at radius 1 is 1.19 bits per heavy atom. The molecule has 1 saturated heterocycles. The monoisotopic (exact) mass is 375 g/mol. The number of aryl methyl sites for hydroxylation is 1. The first-order valence-electron chi connectivity index (χ1n) is 8.40. The average Bonchev–Trinajstić information content (AvgIpc) is 2.62. The molecule has 0 unspecified atom stereocenters. The lowest BCUT2D eigenvalue weighted by Crippen LogP contribution is -2.45. The van der Waals surface area contributed by atoms with Crippen molar-refractivity contribution in [3.63, 3.8) is 0 Å². The predicted octanol–water partition coefficient (Wildman–Crippen LogP) is 2.45. The minimum Gasteiger partial charge on any atom is -0.495 e. The Balaban J connectivity index is 1.78. The van der Waals surface area contributed by atoms with Gasteiger partial charge in [-0.05, 0) is 38.2 Å². The Kier molecular flexibility index (Phi) is 5.58. The van der Waals surface area contributed by atoms with Crippen molar-refractivity contribution >= 4 is 29.1 Å². The van der Waals surface area contributed by atoms with Crippen LogP contribution in [0.3, 0.4) is 0 Å². The molecular formula is C18H22ClN5O2. The number of piperazine rings is 1. The number of carbonyl (C=O) groups is 1. The number of ether oxygens (including phenoxy) is 1. The van der Waals surface area contributed by atoms with Crippen molar-refractivity contribution in [1.29, 1.82) is 0 Å². The second kappa shape index (κ2) is 7.88. The molecule has 138 valence electrons. The Morgan fingerprint density at radius 2 is 1.92 bits per heavy atom. The number of methoxy groups -OCH3 is 1. The maximum absolute atomic E-state index is 12.6. The van der Waals surface area contributed by atoms with Gasteiger partial charge in [0.15, 0.2) is 0 Å². The molecule has 3 rings (SSSR count). The third-order valence-electron chi connectivity index (χ3n) is 4.27. The summed E-state index contributed by atoms with van der Waals surface area (Å²) in [6.45, 7) is 5.44. The molecule has 2 aromatic rings. The minimum atomic E-state index is -0.299. The highest BCUT2D eigenvalue weighted by Gasteiger charge is 2.19. The number of aromatic nitrogens is 2. The SMILES string of the molecule is COc1ccc(NC(=O)c2cc(C)nc(N3CCN(C)CC3)n2)cc1Cl. The summed E-state index contributed by atoms with van der Waals surface area (Å²) >= 11 is 6.11. The molecule has 7 nitrogen and oxygen atoms in total. The molecule has 2 heterocycles. The largest absolute Gasteiger partial charge is 0.495 e. The van der Waals surface area contributed by atoms with Gasteiger partial charge in [0.2, 0.25) is 5.95 Å². The number of halogens is 1.